The maximum Gasteiger partial charge on any atom is 0.229 e. The Morgan fingerprint density at radius 2 is 1.67 bits per heavy atom. The molecule has 8 nitrogen and oxygen atoms in total. The summed E-state index contributed by atoms with van der Waals surface area (Å²) in [4.78, 5) is 19.7. The summed E-state index contributed by atoms with van der Waals surface area (Å²) >= 11 is 0. The SMILES string of the molecule is COc1ccc(CCN2CCN(Cc3nc(N)nc(N(C)C)n3)CC2)cc1. The fourth-order valence-electron chi connectivity index (χ4n) is 3.15. The molecule has 2 N–H and O–H groups in total. The summed E-state index contributed by atoms with van der Waals surface area (Å²) in [7, 11) is 5.50. The van der Waals surface area contributed by atoms with Crippen LogP contribution in [0, 0.1) is 0 Å². The van der Waals surface area contributed by atoms with Gasteiger partial charge < -0.3 is 20.3 Å². The van der Waals surface area contributed by atoms with Gasteiger partial charge in [-0.05, 0) is 24.1 Å². The van der Waals surface area contributed by atoms with Gasteiger partial charge in [0.25, 0.3) is 0 Å². The molecule has 146 valence electrons. The molecule has 0 unspecified atom stereocenters. The third kappa shape index (κ3) is 5.51. The van der Waals surface area contributed by atoms with Crippen LogP contribution in [0.5, 0.6) is 5.75 Å². The van der Waals surface area contributed by atoms with Crippen molar-refractivity contribution in [3.05, 3.63) is 35.7 Å². The van der Waals surface area contributed by atoms with Gasteiger partial charge in [-0.1, -0.05) is 12.1 Å². The Hall–Kier alpha value is -2.45. The Bertz CT molecular complexity index is 727. The first-order chi connectivity index (χ1) is 13.0. The molecule has 1 aliphatic rings. The second-order valence-electron chi connectivity index (χ2n) is 7.02. The van der Waals surface area contributed by atoms with Crippen LogP contribution in [0.25, 0.3) is 0 Å². The maximum atomic E-state index is 5.81. The molecule has 0 saturated carbocycles. The van der Waals surface area contributed by atoms with Crippen molar-refractivity contribution in [3.8, 4) is 5.75 Å². The largest absolute Gasteiger partial charge is 0.497 e. The minimum Gasteiger partial charge on any atom is -0.497 e. The van der Waals surface area contributed by atoms with E-state index < -0.39 is 0 Å². The van der Waals surface area contributed by atoms with Crippen molar-refractivity contribution < 1.29 is 4.74 Å². The lowest BCUT2D eigenvalue weighted by atomic mass is 10.1. The van der Waals surface area contributed by atoms with Gasteiger partial charge in [0.1, 0.15) is 11.6 Å². The molecule has 2 heterocycles. The highest BCUT2D eigenvalue weighted by Crippen LogP contribution is 2.13. The summed E-state index contributed by atoms with van der Waals surface area (Å²) in [6.07, 6.45) is 1.06. The average molecular weight is 371 g/mol. The number of anilines is 2. The van der Waals surface area contributed by atoms with Gasteiger partial charge in [0.05, 0.1) is 13.7 Å². The number of nitrogens with zero attached hydrogens (tertiary/aromatic N) is 6. The van der Waals surface area contributed by atoms with Crippen LogP contribution in [-0.4, -0.2) is 78.7 Å². The molecule has 27 heavy (non-hydrogen) atoms. The molecule has 3 rings (SSSR count). The van der Waals surface area contributed by atoms with E-state index in [-0.39, 0.29) is 5.95 Å². The van der Waals surface area contributed by atoms with E-state index in [0.717, 1.165) is 50.7 Å². The number of aromatic nitrogens is 3. The third-order valence-electron chi connectivity index (χ3n) is 4.79. The number of rotatable bonds is 7. The van der Waals surface area contributed by atoms with Gasteiger partial charge in [-0.15, -0.1) is 0 Å². The van der Waals surface area contributed by atoms with Crippen LogP contribution >= 0.6 is 0 Å². The summed E-state index contributed by atoms with van der Waals surface area (Å²) in [5, 5.41) is 0. The Morgan fingerprint density at radius 1 is 1.00 bits per heavy atom. The highest BCUT2D eigenvalue weighted by atomic mass is 16.5. The molecule has 1 aliphatic heterocycles. The van der Waals surface area contributed by atoms with Gasteiger partial charge in [0.2, 0.25) is 11.9 Å². The minimum atomic E-state index is 0.279. The zero-order valence-electron chi connectivity index (χ0n) is 16.4. The van der Waals surface area contributed by atoms with Gasteiger partial charge in [0, 0.05) is 46.8 Å². The summed E-state index contributed by atoms with van der Waals surface area (Å²) in [5.74, 6) is 2.53. The molecule has 1 saturated heterocycles. The molecule has 2 aromatic rings. The van der Waals surface area contributed by atoms with Crippen molar-refractivity contribution in [3.63, 3.8) is 0 Å². The van der Waals surface area contributed by atoms with Crippen LogP contribution in [-0.2, 0) is 13.0 Å². The highest BCUT2D eigenvalue weighted by Gasteiger charge is 2.18. The van der Waals surface area contributed by atoms with Gasteiger partial charge in [0.15, 0.2) is 0 Å². The van der Waals surface area contributed by atoms with Crippen LogP contribution in [0.2, 0.25) is 0 Å². The Morgan fingerprint density at radius 3 is 2.30 bits per heavy atom. The number of hydrogen-bond donors (Lipinski definition) is 1. The van der Waals surface area contributed by atoms with Crippen LogP contribution in [0.3, 0.4) is 0 Å². The zero-order valence-corrected chi connectivity index (χ0v) is 16.4. The zero-order chi connectivity index (χ0) is 19.2. The summed E-state index contributed by atoms with van der Waals surface area (Å²) < 4.78 is 5.21. The van der Waals surface area contributed by atoms with Crippen molar-refractivity contribution >= 4 is 11.9 Å². The van der Waals surface area contributed by atoms with Crippen molar-refractivity contribution in [2.75, 3.05) is 64.6 Å². The first kappa shape index (κ1) is 19.3. The second-order valence-corrected chi connectivity index (χ2v) is 7.02. The Balaban J connectivity index is 1.46. The fraction of sp³-hybridized carbons (Fsp3) is 0.526. The lowest BCUT2D eigenvalue weighted by Gasteiger charge is -2.34. The van der Waals surface area contributed by atoms with E-state index in [9.17, 15) is 0 Å². The maximum absolute atomic E-state index is 5.81. The lowest BCUT2D eigenvalue weighted by Crippen LogP contribution is -2.46. The van der Waals surface area contributed by atoms with E-state index in [1.165, 1.54) is 5.56 Å². The molecule has 1 aromatic heterocycles. The Kier molecular flexibility index (Phi) is 6.41. The summed E-state index contributed by atoms with van der Waals surface area (Å²) in [6.45, 7) is 5.90. The number of nitrogens with two attached hydrogens (primary N) is 1. The molecule has 0 radical (unpaired) electrons. The number of benzene rings is 1. The van der Waals surface area contributed by atoms with E-state index in [1.807, 2.05) is 31.1 Å². The van der Waals surface area contributed by atoms with Gasteiger partial charge in [-0.3, -0.25) is 4.90 Å². The van der Waals surface area contributed by atoms with E-state index >= 15 is 0 Å². The van der Waals surface area contributed by atoms with E-state index in [0.29, 0.717) is 12.5 Å². The van der Waals surface area contributed by atoms with Crippen molar-refractivity contribution in [1.29, 1.82) is 0 Å². The number of piperazine rings is 1. The number of hydrogen-bond acceptors (Lipinski definition) is 8. The molecule has 0 atom stereocenters. The molecule has 1 aromatic carbocycles. The molecule has 0 bridgehead atoms. The first-order valence-electron chi connectivity index (χ1n) is 9.29. The van der Waals surface area contributed by atoms with Crippen LogP contribution in [0.1, 0.15) is 11.4 Å². The first-order valence-corrected chi connectivity index (χ1v) is 9.29. The van der Waals surface area contributed by atoms with Crippen molar-refractivity contribution in [1.82, 2.24) is 24.8 Å². The lowest BCUT2D eigenvalue weighted by molar-refractivity contribution is 0.126. The highest BCUT2D eigenvalue weighted by molar-refractivity contribution is 5.32. The van der Waals surface area contributed by atoms with Crippen LogP contribution in [0.15, 0.2) is 24.3 Å². The number of methoxy groups -OCH3 is 1. The predicted molar refractivity (Wildman–Crippen MR) is 107 cm³/mol. The van der Waals surface area contributed by atoms with Crippen molar-refractivity contribution in [2.24, 2.45) is 0 Å². The second kappa shape index (κ2) is 8.96. The molecule has 0 spiro atoms. The van der Waals surface area contributed by atoms with E-state index in [2.05, 4.69) is 36.9 Å². The normalized spacial score (nSPS) is 15.7. The third-order valence-corrected chi connectivity index (χ3v) is 4.79. The minimum absolute atomic E-state index is 0.279. The molecule has 1 fully saturated rings. The quantitative estimate of drug-likeness (QED) is 0.768. The fourth-order valence-corrected chi connectivity index (χ4v) is 3.15. The van der Waals surface area contributed by atoms with Crippen LogP contribution < -0.4 is 15.4 Å². The molecule has 0 aliphatic carbocycles. The van der Waals surface area contributed by atoms with Gasteiger partial charge >= 0.3 is 0 Å². The van der Waals surface area contributed by atoms with Crippen molar-refractivity contribution in [2.45, 2.75) is 13.0 Å². The summed E-state index contributed by atoms with van der Waals surface area (Å²) in [5.41, 5.74) is 7.16. The molecular formula is C19H29N7O. The van der Waals surface area contributed by atoms with Crippen LogP contribution in [0.4, 0.5) is 11.9 Å². The number of ether oxygens (including phenoxy) is 1. The van der Waals surface area contributed by atoms with Gasteiger partial charge in [-0.2, -0.15) is 15.0 Å². The average Bonchev–Trinajstić information content (AvgIpc) is 2.67. The Labute approximate surface area is 161 Å². The monoisotopic (exact) mass is 371 g/mol. The predicted octanol–water partition coefficient (Wildman–Crippen LogP) is 0.889. The van der Waals surface area contributed by atoms with E-state index in [1.54, 1.807) is 7.11 Å². The number of nitrogen functional groups attached to an aromatic ring is 1. The standard InChI is InChI=1S/C19H29N7O/c1-24(2)19-22-17(21-18(20)23-19)14-26-12-10-25(11-13-26)9-8-15-4-6-16(27-3)7-5-15/h4-7H,8-14H2,1-3H3,(H2,20,21,22,23). The molecule has 8 heteroatoms. The molecular weight excluding hydrogens is 342 g/mol. The molecule has 0 amide bonds. The topological polar surface area (TPSA) is 83.6 Å². The van der Waals surface area contributed by atoms with Gasteiger partial charge in [-0.25, -0.2) is 0 Å². The summed E-state index contributed by atoms with van der Waals surface area (Å²) in [6, 6.07) is 8.33. The smallest absolute Gasteiger partial charge is 0.229 e. The van der Waals surface area contributed by atoms with E-state index in [4.69, 9.17) is 10.5 Å².